The Bertz CT molecular complexity index is 1550. The zero-order chi connectivity index (χ0) is 27.3. The molecule has 0 radical (unpaired) electrons. The molecule has 10 heteroatoms. The fourth-order valence-electron chi connectivity index (χ4n) is 4.05. The van der Waals surface area contributed by atoms with Crippen LogP contribution in [0.1, 0.15) is 27.9 Å². The van der Waals surface area contributed by atoms with Crippen LogP contribution in [0.5, 0.6) is 5.75 Å². The van der Waals surface area contributed by atoms with Crippen LogP contribution in [0.2, 0.25) is 0 Å². The maximum absolute atomic E-state index is 11.9. The Hall–Kier alpha value is -4.25. The summed E-state index contributed by atoms with van der Waals surface area (Å²) in [6.45, 7) is 2.26. The van der Waals surface area contributed by atoms with Gasteiger partial charge in [0.25, 0.3) is 0 Å². The number of nitrogen functional groups attached to an aromatic ring is 1. The molecule has 38 heavy (non-hydrogen) atoms. The number of nitrogens with two attached hydrogens (primary N) is 2. The molecule has 0 saturated carbocycles. The number of hydrogen-bond acceptors (Lipinski definition) is 7. The predicted octanol–water partition coefficient (Wildman–Crippen LogP) is 3.67. The number of sulfonamides is 1. The van der Waals surface area contributed by atoms with Crippen LogP contribution in [0.15, 0.2) is 83.9 Å². The summed E-state index contributed by atoms with van der Waals surface area (Å²) in [5.74, 6) is 0.528. The Morgan fingerprint density at radius 1 is 1.05 bits per heavy atom. The highest BCUT2D eigenvalue weighted by Crippen LogP contribution is 2.29. The van der Waals surface area contributed by atoms with Crippen LogP contribution in [0, 0.1) is 12.3 Å². The van der Waals surface area contributed by atoms with Crippen molar-refractivity contribution in [3.05, 3.63) is 107 Å². The van der Waals surface area contributed by atoms with E-state index in [2.05, 4.69) is 10.3 Å². The van der Waals surface area contributed by atoms with Crippen molar-refractivity contribution in [1.29, 1.82) is 5.41 Å². The van der Waals surface area contributed by atoms with E-state index < -0.39 is 10.0 Å². The molecule has 0 atom stereocenters. The summed E-state index contributed by atoms with van der Waals surface area (Å²) in [6.07, 6.45) is 1.71. The first-order valence-electron chi connectivity index (χ1n) is 11.8. The van der Waals surface area contributed by atoms with E-state index in [4.69, 9.17) is 21.0 Å². The van der Waals surface area contributed by atoms with Crippen LogP contribution < -0.4 is 20.9 Å². The van der Waals surface area contributed by atoms with Crippen molar-refractivity contribution in [1.82, 2.24) is 4.98 Å². The minimum absolute atomic E-state index is 0.00300. The predicted molar refractivity (Wildman–Crippen MR) is 147 cm³/mol. The fourth-order valence-corrected chi connectivity index (χ4v) is 4.81. The number of benzene rings is 3. The molecule has 0 aliphatic rings. The van der Waals surface area contributed by atoms with E-state index in [1.54, 1.807) is 36.5 Å². The number of aliphatic hydroxyl groups is 1. The number of amidine groups is 1. The summed E-state index contributed by atoms with van der Waals surface area (Å²) in [7, 11) is -3.85. The van der Waals surface area contributed by atoms with Gasteiger partial charge in [0.2, 0.25) is 10.0 Å². The van der Waals surface area contributed by atoms with Gasteiger partial charge in [0, 0.05) is 35.1 Å². The molecule has 0 aliphatic heterocycles. The van der Waals surface area contributed by atoms with Gasteiger partial charge in [-0.2, -0.15) is 0 Å². The first kappa shape index (κ1) is 26.8. The molecular weight excluding hydrogens is 502 g/mol. The van der Waals surface area contributed by atoms with Gasteiger partial charge in [-0.3, -0.25) is 10.4 Å². The van der Waals surface area contributed by atoms with E-state index in [1.807, 2.05) is 43.3 Å². The van der Waals surface area contributed by atoms with E-state index in [-0.39, 0.29) is 23.9 Å². The molecule has 0 aliphatic carbocycles. The van der Waals surface area contributed by atoms with Crippen molar-refractivity contribution in [3.8, 4) is 16.9 Å². The lowest BCUT2D eigenvalue weighted by atomic mass is 10.0. The third kappa shape index (κ3) is 6.17. The largest absolute Gasteiger partial charge is 0.487 e. The lowest BCUT2D eigenvalue weighted by Gasteiger charge is -2.17. The van der Waals surface area contributed by atoms with Gasteiger partial charge in [-0.25, -0.2) is 13.6 Å². The zero-order valence-electron chi connectivity index (χ0n) is 20.8. The first-order chi connectivity index (χ1) is 18.2. The fraction of sp³-hybridized carbons (Fsp3) is 0.143. The molecule has 3 aromatic carbocycles. The monoisotopic (exact) mass is 531 g/mol. The third-order valence-corrected chi connectivity index (χ3v) is 7.05. The van der Waals surface area contributed by atoms with Gasteiger partial charge in [0.15, 0.2) is 0 Å². The molecule has 196 valence electrons. The second-order valence-electron chi connectivity index (χ2n) is 8.71. The lowest BCUT2D eigenvalue weighted by Crippen LogP contribution is -2.13. The molecule has 1 heterocycles. The second kappa shape index (κ2) is 11.4. The highest BCUT2D eigenvalue weighted by Gasteiger charge is 2.16. The zero-order valence-corrected chi connectivity index (χ0v) is 21.6. The summed E-state index contributed by atoms with van der Waals surface area (Å²) in [6, 6.07) is 21.1. The quantitative estimate of drug-likeness (QED) is 0.154. The standard InChI is InChI=1S/C28H29N5O4S/c1-18-27(37-17-19-6-8-21(9-7-19)28(29)30)25(16-34)22(14-32-18)15-33-23-12-10-20(11-13-23)24-4-2-3-5-26(24)38(31,35)36/h2-14,33-34H,15-17H2,1H3,(H3,29,30)(H2,31,35,36). The smallest absolute Gasteiger partial charge is 0.238 e. The van der Waals surface area contributed by atoms with Gasteiger partial charge >= 0.3 is 0 Å². The number of pyridine rings is 1. The van der Waals surface area contributed by atoms with Crippen molar-refractivity contribution in [3.63, 3.8) is 0 Å². The number of nitrogens with zero attached hydrogens (tertiary/aromatic N) is 1. The Morgan fingerprint density at radius 2 is 1.74 bits per heavy atom. The number of aromatic nitrogens is 1. The van der Waals surface area contributed by atoms with Gasteiger partial charge in [0.05, 0.1) is 17.2 Å². The number of anilines is 1. The van der Waals surface area contributed by atoms with E-state index in [0.717, 1.165) is 22.4 Å². The lowest BCUT2D eigenvalue weighted by molar-refractivity contribution is 0.256. The average molecular weight is 532 g/mol. The van der Waals surface area contributed by atoms with E-state index in [9.17, 15) is 13.5 Å². The summed E-state index contributed by atoms with van der Waals surface area (Å²) in [4.78, 5) is 4.52. The third-order valence-electron chi connectivity index (χ3n) is 6.08. The molecule has 0 saturated heterocycles. The molecule has 0 unspecified atom stereocenters. The van der Waals surface area contributed by atoms with Crippen molar-refractivity contribution >= 4 is 21.5 Å². The van der Waals surface area contributed by atoms with Gasteiger partial charge in [-0.1, -0.05) is 54.6 Å². The van der Waals surface area contributed by atoms with Gasteiger partial charge in [0.1, 0.15) is 18.2 Å². The van der Waals surface area contributed by atoms with E-state index in [0.29, 0.717) is 34.7 Å². The van der Waals surface area contributed by atoms with Crippen LogP contribution in [0.3, 0.4) is 0 Å². The topological polar surface area (TPSA) is 164 Å². The van der Waals surface area contributed by atoms with Gasteiger partial charge in [-0.05, 0) is 41.8 Å². The molecule has 7 N–H and O–H groups in total. The van der Waals surface area contributed by atoms with E-state index >= 15 is 0 Å². The Balaban J connectivity index is 1.48. The van der Waals surface area contributed by atoms with Crippen LogP contribution >= 0.6 is 0 Å². The van der Waals surface area contributed by atoms with Crippen LogP contribution in [0.4, 0.5) is 5.69 Å². The number of hydrogen-bond donors (Lipinski definition) is 5. The molecule has 4 aromatic rings. The Morgan fingerprint density at radius 3 is 2.37 bits per heavy atom. The average Bonchev–Trinajstić information content (AvgIpc) is 2.91. The highest BCUT2D eigenvalue weighted by atomic mass is 32.2. The number of aryl methyl sites for hydroxylation is 1. The number of primary sulfonamides is 1. The highest BCUT2D eigenvalue weighted by molar-refractivity contribution is 7.89. The summed E-state index contributed by atoms with van der Waals surface area (Å²) in [5.41, 5.74) is 11.2. The van der Waals surface area contributed by atoms with Gasteiger partial charge in [-0.15, -0.1) is 0 Å². The molecule has 4 rings (SSSR count). The minimum Gasteiger partial charge on any atom is -0.487 e. The van der Waals surface area contributed by atoms with Crippen LogP contribution in [-0.4, -0.2) is 24.3 Å². The maximum Gasteiger partial charge on any atom is 0.238 e. The van der Waals surface area contributed by atoms with Crippen LogP contribution in [0.25, 0.3) is 11.1 Å². The molecule has 9 nitrogen and oxygen atoms in total. The molecule has 0 fully saturated rings. The Kier molecular flexibility index (Phi) is 8.06. The first-order valence-corrected chi connectivity index (χ1v) is 13.3. The molecule has 0 spiro atoms. The van der Waals surface area contributed by atoms with Crippen molar-refractivity contribution < 1.29 is 18.3 Å². The normalized spacial score (nSPS) is 11.2. The maximum atomic E-state index is 11.9. The number of nitrogens with one attached hydrogen (secondary N) is 2. The summed E-state index contributed by atoms with van der Waals surface area (Å²) >= 11 is 0. The number of ether oxygens (including phenoxy) is 1. The summed E-state index contributed by atoms with van der Waals surface area (Å²) in [5, 5.41) is 26.3. The molecule has 1 aromatic heterocycles. The number of rotatable bonds is 10. The van der Waals surface area contributed by atoms with Crippen molar-refractivity contribution in [2.24, 2.45) is 10.9 Å². The van der Waals surface area contributed by atoms with Crippen LogP contribution in [-0.2, 0) is 29.8 Å². The summed E-state index contributed by atoms with van der Waals surface area (Å²) < 4.78 is 29.9. The van der Waals surface area contributed by atoms with E-state index in [1.165, 1.54) is 6.07 Å². The van der Waals surface area contributed by atoms with Gasteiger partial charge < -0.3 is 20.9 Å². The Labute approximate surface area is 221 Å². The molecule has 0 bridgehead atoms. The second-order valence-corrected chi connectivity index (χ2v) is 10.2. The number of aliphatic hydroxyl groups excluding tert-OH is 1. The minimum atomic E-state index is -3.85. The molecule has 0 amide bonds. The van der Waals surface area contributed by atoms with Crippen molar-refractivity contribution in [2.75, 3.05) is 5.32 Å². The SMILES string of the molecule is Cc1ncc(CNc2ccc(-c3ccccc3S(N)(=O)=O)cc2)c(CO)c1OCc1ccc(C(=N)N)cc1. The molecular formula is C28H29N5O4S. The van der Waals surface area contributed by atoms with Crippen molar-refractivity contribution in [2.45, 2.75) is 31.6 Å².